The van der Waals surface area contributed by atoms with Gasteiger partial charge in [0, 0.05) is 20.8 Å². The first-order valence-electron chi connectivity index (χ1n) is 4.65. The summed E-state index contributed by atoms with van der Waals surface area (Å²) >= 11 is 4.96. The highest BCUT2D eigenvalue weighted by Gasteiger charge is 2.01. The van der Waals surface area contributed by atoms with Gasteiger partial charge >= 0.3 is 5.69 Å². The molecule has 2 heterocycles. The van der Waals surface area contributed by atoms with E-state index in [4.69, 9.17) is 5.26 Å². The molecule has 0 aromatic carbocycles. The van der Waals surface area contributed by atoms with Gasteiger partial charge in [-0.2, -0.15) is 10.2 Å². The van der Waals surface area contributed by atoms with Crippen molar-refractivity contribution in [2.75, 3.05) is 5.32 Å². The molecule has 86 valence electrons. The summed E-state index contributed by atoms with van der Waals surface area (Å²) in [6.07, 6.45) is 0. The van der Waals surface area contributed by atoms with E-state index in [9.17, 15) is 4.79 Å². The Labute approximate surface area is 109 Å². The second-order valence-electron chi connectivity index (χ2n) is 3.18. The first-order valence-corrected chi connectivity index (χ1v) is 6.33. The second-order valence-corrected chi connectivity index (χ2v) is 5.09. The lowest BCUT2D eigenvalue weighted by molar-refractivity contribution is 1.03. The van der Waals surface area contributed by atoms with Gasteiger partial charge in [-0.3, -0.25) is 4.98 Å². The highest BCUT2D eigenvalue weighted by atomic mass is 79.9. The Hall–Kier alpha value is -1.65. The molecular formula is C10H7BrN4OS. The van der Waals surface area contributed by atoms with Gasteiger partial charge in [0.05, 0.1) is 6.54 Å². The summed E-state index contributed by atoms with van der Waals surface area (Å²) < 4.78 is 1.02. The SMILES string of the molecule is N#Cc1cc(NCc2cc(Br)cs2)nc(=O)[nH]1. The molecule has 5 nitrogen and oxygen atoms in total. The molecule has 7 heteroatoms. The van der Waals surface area contributed by atoms with E-state index < -0.39 is 5.69 Å². The molecule has 0 aliphatic rings. The highest BCUT2D eigenvalue weighted by Crippen LogP contribution is 2.20. The van der Waals surface area contributed by atoms with Gasteiger partial charge in [0.2, 0.25) is 0 Å². The lowest BCUT2D eigenvalue weighted by Crippen LogP contribution is -2.14. The number of anilines is 1. The van der Waals surface area contributed by atoms with Gasteiger partial charge < -0.3 is 5.32 Å². The van der Waals surface area contributed by atoms with E-state index >= 15 is 0 Å². The van der Waals surface area contributed by atoms with E-state index in [1.54, 1.807) is 11.3 Å². The first kappa shape index (κ1) is 11.8. The molecule has 0 saturated heterocycles. The fraction of sp³-hybridized carbons (Fsp3) is 0.100. The van der Waals surface area contributed by atoms with Crippen LogP contribution in [0.3, 0.4) is 0 Å². The van der Waals surface area contributed by atoms with E-state index in [0.717, 1.165) is 9.35 Å². The zero-order valence-electron chi connectivity index (χ0n) is 8.53. The number of nitrogens with one attached hydrogen (secondary N) is 2. The van der Waals surface area contributed by atoms with Crippen LogP contribution in [-0.2, 0) is 6.54 Å². The van der Waals surface area contributed by atoms with Crippen molar-refractivity contribution in [3.8, 4) is 6.07 Å². The summed E-state index contributed by atoms with van der Waals surface area (Å²) in [6, 6.07) is 5.36. The minimum atomic E-state index is -0.529. The minimum absolute atomic E-state index is 0.194. The van der Waals surface area contributed by atoms with E-state index in [1.807, 2.05) is 17.5 Å². The average molecular weight is 311 g/mol. The van der Waals surface area contributed by atoms with Crippen LogP contribution in [0.25, 0.3) is 0 Å². The summed E-state index contributed by atoms with van der Waals surface area (Å²) in [4.78, 5) is 18.3. The molecule has 17 heavy (non-hydrogen) atoms. The normalized spacial score (nSPS) is 9.88. The molecule has 0 fully saturated rings. The second kappa shape index (κ2) is 5.12. The fourth-order valence-corrected chi connectivity index (χ4v) is 2.62. The first-order chi connectivity index (χ1) is 8.17. The van der Waals surface area contributed by atoms with Crippen LogP contribution >= 0.6 is 27.3 Å². The molecule has 2 aromatic rings. The third-order valence-corrected chi connectivity index (χ3v) is 3.63. The van der Waals surface area contributed by atoms with Crippen LogP contribution in [0.1, 0.15) is 10.6 Å². The van der Waals surface area contributed by atoms with Crippen LogP contribution in [0, 0.1) is 11.3 Å². The number of nitrogens with zero attached hydrogens (tertiary/aromatic N) is 2. The number of aromatic amines is 1. The van der Waals surface area contributed by atoms with Crippen molar-refractivity contribution >= 4 is 33.1 Å². The molecule has 0 radical (unpaired) electrons. The number of hydrogen-bond acceptors (Lipinski definition) is 5. The molecule has 0 saturated carbocycles. The Morgan fingerprint density at radius 1 is 1.59 bits per heavy atom. The third kappa shape index (κ3) is 3.15. The van der Waals surface area contributed by atoms with E-state index in [1.165, 1.54) is 6.07 Å². The van der Waals surface area contributed by atoms with Crippen molar-refractivity contribution in [1.82, 2.24) is 9.97 Å². The fourth-order valence-electron chi connectivity index (χ4n) is 1.23. The van der Waals surface area contributed by atoms with Crippen molar-refractivity contribution in [3.63, 3.8) is 0 Å². The van der Waals surface area contributed by atoms with E-state index in [-0.39, 0.29) is 5.69 Å². The molecule has 0 bridgehead atoms. The molecule has 0 unspecified atom stereocenters. The van der Waals surface area contributed by atoms with Gasteiger partial charge in [0.25, 0.3) is 0 Å². The Balaban J connectivity index is 2.12. The maximum Gasteiger partial charge on any atom is 0.347 e. The third-order valence-electron chi connectivity index (χ3n) is 1.93. The van der Waals surface area contributed by atoms with Crippen LogP contribution in [0.5, 0.6) is 0 Å². The van der Waals surface area contributed by atoms with Crippen molar-refractivity contribution in [2.24, 2.45) is 0 Å². The summed E-state index contributed by atoms with van der Waals surface area (Å²) in [5, 5.41) is 13.7. The molecule has 2 rings (SSSR count). The monoisotopic (exact) mass is 310 g/mol. The maximum atomic E-state index is 11.1. The molecule has 2 N–H and O–H groups in total. The molecular weight excluding hydrogens is 304 g/mol. The lowest BCUT2D eigenvalue weighted by Gasteiger charge is -2.02. The molecule has 0 aliphatic carbocycles. The number of halogens is 1. The minimum Gasteiger partial charge on any atom is -0.365 e. The van der Waals surface area contributed by atoms with E-state index in [0.29, 0.717) is 12.4 Å². The number of H-pyrrole nitrogens is 1. The van der Waals surface area contributed by atoms with Gasteiger partial charge in [-0.05, 0) is 22.0 Å². The zero-order valence-corrected chi connectivity index (χ0v) is 10.9. The number of aromatic nitrogens is 2. The van der Waals surface area contributed by atoms with Crippen molar-refractivity contribution in [1.29, 1.82) is 5.26 Å². The maximum absolute atomic E-state index is 11.1. The van der Waals surface area contributed by atoms with Crippen LogP contribution in [0.2, 0.25) is 0 Å². The Morgan fingerprint density at radius 3 is 3.06 bits per heavy atom. The topological polar surface area (TPSA) is 81.6 Å². The van der Waals surface area contributed by atoms with Crippen molar-refractivity contribution in [3.05, 3.63) is 43.0 Å². The summed E-state index contributed by atoms with van der Waals surface area (Å²) in [5.41, 5.74) is -0.334. The Bertz CT molecular complexity index is 628. The van der Waals surface area contributed by atoms with Gasteiger partial charge in [0.15, 0.2) is 0 Å². The van der Waals surface area contributed by atoms with Crippen LogP contribution in [-0.4, -0.2) is 9.97 Å². The molecule has 0 spiro atoms. The number of hydrogen-bond donors (Lipinski definition) is 2. The predicted molar refractivity (Wildman–Crippen MR) is 68.9 cm³/mol. The smallest absolute Gasteiger partial charge is 0.347 e. The standard InChI is InChI=1S/C10H7BrN4OS/c11-6-1-8(17-5-6)4-13-9-2-7(3-12)14-10(16)15-9/h1-2,5H,4H2,(H2,13,14,15,16). The van der Waals surface area contributed by atoms with Crippen molar-refractivity contribution < 1.29 is 0 Å². The Kier molecular flexibility index (Phi) is 3.56. The summed E-state index contributed by atoms with van der Waals surface area (Å²) in [5.74, 6) is 0.398. The molecule has 0 aliphatic heterocycles. The van der Waals surface area contributed by atoms with Gasteiger partial charge in [-0.25, -0.2) is 4.79 Å². The number of thiophene rings is 1. The summed E-state index contributed by atoms with van der Waals surface area (Å²) in [6.45, 7) is 0.567. The molecule has 0 amide bonds. The van der Waals surface area contributed by atoms with Gasteiger partial charge in [0.1, 0.15) is 17.6 Å². The zero-order chi connectivity index (χ0) is 12.3. The van der Waals surface area contributed by atoms with E-state index in [2.05, 4.69) is 31.2 Å². The average Bonchev–Trinajstić information content (AvgIpc) is 2.72. The van der Waals surface area contributed by atoms with Crippen LogP contribution < -0.4 is 11.0 Å². The quantitative estimate of drug-likeness (QED) is 0.909. The van der Waals surface area contributed by atoms with Crippen LogP contribution in [0.4, 0.5) is 5.82 Å². The lowest BCUT2D eigenvalue weighted by atomic mass is 10.4. The number of nitriles is 1. The van der Waals surface area contributed by atoms with Crippen molar-refractivity contribution in [2.45, 2.75) is 6.54 Å². The number of rotatable bonds is 3. The highest BCUT2D eigenvalue weighted by molar-refractivity contribution is 9.10. The predicted octanol–water partition coefficient (Wildman–Crippen LogP) is 2.08. The molecule has 0 atom stereocenters. The largest absolute Gasteiger partial charge is 0.365 e. The van der Waals surface area contributed by atoms with Crippen LogP contribution in [0.15, 0.2) is 26.8 Å². The molecule has 2 aromatic heterocycles. The summed E-state index contributed by atoms with van der Waals surface area (Å²) in [7, 11) is 0. The Morgan fingerprint density at radius 2 is 2.41 bits per heavy atom. The van der Waals surface area contributed by atoms with Gasteiger partial charge in [-0.1, -0.05) is 0 Å². The van der Waals surface area contributed by atoms with Gasteiger partial charge in [-0.15, -0.1) is 11.3 Å².